The number of nitrogen functional groups attached to an aromatic ring is 1. The van der Waals surface area contributed by atoms with Gasteiger partial charge in [0, 0.05) is 22.4 Å². The van der Waals surface area contributed by atoms with E-state index in [1.54, 1.807) is 6.07 Å². The van der Waals surface area contributed by atoms with Crippen LogP contribution < -0.4 is 5.73 Å². The van der Waals surface area contributed by atoms with E-state index < -0.39 is 0 Å². The van der Waals surface area contributed by atoms with Crippen molar-refractivity contribution in [2.75, 3.05) is 5.73 Å². The van der Waals surface area contributed by atoms with Crippen LogP contribution in [0.1, 0.15) is 35.8 Å². The zero-order valence-electron chi connectivity index (χ0n) is 10.5. The van der Waals surface area contributed by atoms with E-state index in [9.17, 15) is 0 Å². The molecule has 0 radical (unpaired) electrons. The monoisotopic (exact) mass is 419 g/mol. The van der Waals surface area contributed by atoms with Crippen LogP contribution >= 0.6 is 45.8 Å². The first-order valence-electron chi connectivity index (χ1n) is 6.30. The van der Waals surface area contributed by atoms with Gasteiger partial charge in [-0.2, -0.15) is 0 Å². The molecule has 0 spiro atoms. The highest BCUT2D eigenvalue weighted by molar-refractivity contribution is 14.1. The molecule has 0 amide bonds. The third kappa shape index (κ3) is 3.02. The highest BCUT2D eigenvalue weighted by Gasteiger charge is 2.29. The highest BCUT2D eigenvalue weighted by Crippen LogP contribution is 2.42. The average molecular weight is 420 g/mol. The van der Waals surface area contributed by atoms with E-state index in [-0.39, 0.29) is 0 Å². The number of benzene rings is 1. The predicted molar refractivity (Wildman–Crippen MR) is 90.4 cm³/mol. The van der Waals surface area contributed by atoms with E-state index in [1.807, 2.05) is 12.1 Å². The van der Waals surface area contributed by atoms with Crippen LogP contribution in [0.15, 0.2) is 18.2 Å². The van der Waals surface area contributed by atoms with Crippen molar-refractivity contribution in [3.05, 3.63) is 48.9 Å². The summed E-state index contributed by atoms with van der Waals surface area (Å²) in [7, 11) is 0. The lowest BCUT2D eigenvalue weighted by molar-refractivity contribution is 0.894. The van der Waals surface area contributed by atoms with Crippen molar-refractivity contribution in [3.8, 4) is 0 Å². The Labute approximate surface area is 141 Å². The Kier molecular flexibility index (Phi) is 4.06. The number of hydrogen-bond donors (Lipinski definition) is 1. The molecule has 0 unspecified atom stereocenters. The third-order valence-corrected chi connectivity index (χ3v) is 4.97. The largest absolute Gasteiger partial charge is 0.383 e. The summed E-state index contributed by atoms with van der Waals surface area (Å²) in [5.74, 6) is 1.82. The first-order chi connectivity index (χ1) is 9.54. The molecule has 0 saturated heterocycles. The van der Waals surface area contributed by atoms with Crippen LogP contribution in [-0.4, -0.2) is 9.97 Å². The van der Waals surface area contributed by atoms with Gasteiger partial charge in [0.25, 0.3) is 0 Å². The van der Waals surface area contributed by atoms with Crippen molar-refractivity contribution in [1.29, 1.82) is 0 Å². The molecule has 1 aliphatic carbocycles. The van der Waals surface area contributed by atoms with Crippen molar-refractivity contribution in [3.63, 3.8) is 0 Å². The molecule has 1 aliphatic rings. The van der Waals surface area contributed by atoms with Gasteiger partial charge in [0.05, 0.1) is 9.26 Å². The molecule has 2 aromatic rings. The van der Waals surface area contributed by atoms with Crippen LogP contribution in [0.4, 0.5) is 5.82 Å². The molecule has 3 nitrogen and oxygen atoms in total. The number of nitrogens with two attached hydrogens (primary N) is 1. The van der Waals surface area contributed by atoms with Crippen molar-refractivity contribution < 1.29 is 0 Å². The zero-order valence-corrected chi connectivity index (χ0v) is 14.2. The summed E-state index contributed by atoms with van der Waals surface area (Å²) in [5, 5.41) is 1.26. The SMILES string of the molecule is Nc1nc(Cc2ccc(Cl)cc2Cl)nc(C2CC2)c1I. The van der Waals surface area contributed by atoms with E-state index in [0.717, 1.165) is 14.8 Å². The molecule has 1 saturated carbocycles. The smallest absolute Gasteiger partial charge is 0.140 e. The Morgan fingerprint density at radius 1 is 1.25 bits per heavy atom. The molecule has 0 bridgehead atoms. The van der Waals surface area contributed by atoms with Crippen molar-refractivity contribution >= 4 is 51.6 Å². The maximum absolute atomic E-state index is 6.19. The first kappa shape index (κ1) is 14.4. The standard InChI is InChI=1S/C14H12Cl2IN3/c15-9-4-3-8(10(16)6-9)5-11-19-13(7-1-2-7)12(17)14(18)20-11/h3-4,6-7H,1-2,5H2,(H2,18,19,20). The van der Waals surface area contributed by atoms with Gasteiger partial charge in [-0.1, -0.05) is 29.3 Å². The van der Waals surface area contributed by atoms with Gasteiger partial charge < -0.3 is 5.73 Å². The fourth-order valence-electron chi connectivity index (χ4n) is 2.07. The van der Waals surface area contributed by atoms with E-state index in [4.69, 9.17) is 28.9 Å². The maximum atomic E-state index is 6.19. The Morgan fingerprint density at radius 2 is 2.00 bits per heavy atom. The number of nitrogens with zero attached hydrogens (tertiary/aromatic N) is 2. The molecule has 1 aromatic carbocycles. The summed E-state index contributed by atoms with van der Waals surface area (Å²) < 4.78 is 0.982. The molecule has 0 aliphatic heterocycles. The summed E-state index contributed by atoms with van der Waals surface area (Å²) in [4.78, 5) is 9.03. The molecule has 2 N–H and O–H groups in total. The fraction of sp³-hybridized carbons (Fsp3) is 0.286. The number of aromatic nitrogens is 2. The number of halogens is 3. The minimum atomic E-state index is 0.548. The highest BCUT2D eigenvalue weighted by atomic mass is 127. The molecule has 0 atom stereocenters. The lowest BCUT2D eigenvalue weighted by atomic mass is 10.1. The molecule has 6 heteroatoms. The minimum absolute atomic E-state index is 0.548. The topological polar surface area (TPSA) is 51.8 Å². The van der Waals surface area contributed by atoms with Crippen LogP contribution in [0.25, 0.3) is 0 Å². The van der Waals surface area contributed by atoms with E-state index in [2.05, 4.69) is 32.6 Å². The summed E-state index contributed by atoms with van der Waals surface area (Å²) >= 11 is 14.3. The molecule has 1 heterocycles. The Bertz CT molecular complexity index is 672. The summed E-state index contributed by atoms with van der Waals surface area (Å²) in [6.07, 6.45) is 2.94. The lowest BCUT2D eigenvalue weighted by Gasteiger charge is -2.09. The van der Waals surface area contributed by atoms with Crippen molar-refractivity contribution in [2.24, 2.45) is 0 Å². The van der Waals surface area contributed by atoms with Crippen molar-refractivity contribution in [2.45, 2.75) is 25.2 Å². The molecular weight excluding hydrogens is 408 g/mol. The molecular formula is C14H12Cl2IN3. The van der Waals surface area contributed by atoms with Crippen molar-refractivity contribution in [1.82, 2.24) is 9.97 Å². The zero-order chi connectivity index (χ0) is 14.3. The molecule has 1 aromatic heterocycles. The number of rotatable bonds is 3. The van der Waals surface area contributed by atoms with Gasteiger partial charge in [-0.15, -0.1) is 0 Å². The van der Waals surface area contributed by atoms with Gasteiger partial charge in [-0.05, 0) is 53.1 Å². The normalized spacial score (nSPS) is 14.6. The quantitative estimate of drug-likeness (QED) is 0.748. The lowest BCUT2D eigenvalue weighted by Crippen LogP contribution is -2.07. The second-order valence-corrected chi connectivity index (χ2v) is 6.83. The second-order valence-electron chi connectivity index (χ2n) is 4.91. The molecule has 1 fully saturated rings. The predicted octanol–water partition coefficient (Wildman–Crippen LogP) is 4.44. The van der Waals surface area contributed by atoms with Crippen LogP contribution in [0.3, 0.4) is 0 Å². The number of anilines is 1. The van der Waals surface area contributed by atoms with Gasteiger partial charge >= 0.3 is 0 Å². The van der Waals surface area contributed by atoms with Crippen LogP contribution in [0.5, 0.6) is 0 Å². The van der Waals surface area contributed by atoms with Gasteiger partial charge in [0.1, 0.15) is 11.6 Å². The Morgan fingerprint density at radius 3 is 2.65 bits per heavy atom. The van der Waals surface area contributed by atoms with E-state index in [1.165, 1.54) is 12.8 Å². The van der Waals surface area contributed by atoms with Gasteiger partial charge in [0.2, 0.25) is 0 Å². The maximum Gasteiger partial charge on any atom is 0.140 e. The third-order valence-electron chi connectivity index (χ3n) is 3.28. The summed E-state index contributed by atoms with van der Waals surface area (Å²) in [6, 6.07) is 5.45. The summed E-state index contributed by atoms with van der Waals surface area (Å²) in [5.41, 5.74) is 8.03. The second kappa shape index (κ2) is 5.66. The molecule has 20 heavy (non-hydrogen) atoms. The van der Waals surface area contributed by atoms with Crippen LogP contribution in [0.2, 0.25) is 10.0 Å². The molecule has 3 rings (SSSR count). The van der Waals surface area contributed by atoms with Gasteiger partial charge in [-0.3, -0.25) is 0 Å². The fourth-order valence-corrected chi connectivity index (χ4v) is 3.23. The number of hydrogen-bond acceptors (Lipinski definition) is 3. The van der Waals surface area contributed by atoms with E-state index >= 15 is 0 Å². The van der Waals surface area contributed by atoms with E-state index in [0.29, 0.717) is 34.0 Å². The average Bonchev–Trinajstić information content (AvgIpc) is 3.21. The van der Waals surface area contributed by atoms with Gasteiger partial charge in [-0.25, -0.2) is 9.97 Å². The first-order valence-corrected chi connectivity index (χ1v) is 8.14. The Balaban J connectivity index is 1.94. The molecule has 104 valence electrons. The Hall–Kier alpha value is -0.590. The summed E-state index contributed by atoms with van der Waals surface area (Å²) in [6.45, 7) is 0. The van der Waals surface area contributed by atoms with Crippen LogP contribution in [0, 0.1) is 3.57 Å². The minimum Gasteiger partial charge on any atom is -0.383 e. The van der Waals surface area contributed by atoms with Gasteiger partial charge in [0.15, 0.2) is 0 Å². The van der Waals surface area contributed by atoms with Crippen LogP contribution in [-0.2, 0) is 6.42 Å².